The van der Waals surface area contributed by atoms with Crippen molar-refractivity contribution in [3.8, 4) is 5.75 Å². The van der Waals surface area contributed by atoms with E-state index < -0.39 is 11.8 Å². The number of hydrazone groups is 1. The first-order valence-electron chi connectivity index (χ1n) is 9.71. The van der Waals surface area contributed by atoms with Gasteiger partial charge in [-0.25, -0.2) is 5.43 Å². The van der Waals surface area contributed by atoms with Gasteiger partial charge in [-0.05, 0) is 55.7 Å². The topological polar surface area (TPSA) is 109 Å². The molecule has 2 aromatic rings. The van der Waals surface area contributed by atoms with Crippen LogP contribution in [-0.4, -0.2) is 36.6 Å². The largest absolute Gasteiger partial charge is 0.484 e. The lowest BCUT2D eigenvalue weighted by Crippen LogP contribution is -2.41. The standard InChI is InChI=1S/C22H25ClN4O4/c1-4-15(3)25-21(29)22(30)27-24-12-16-6-5-7-18(10-16)31-13-20(28)26-19-11-17(23)9-8-14(19)2/h5-12,15H,4,13H2,1-3H3,(H,25,29)(H,26,28)(H,27,30)/b24-12-/t15-/m1/s1. The second-order valence-corrected chi connectivity index (χ2v) is 7.29. The summed E-state index contributed by atoms with van der Waals surface area (Å²) in [6.45, 7) is 5.37. The molecule has 0 unspecified atom stereocenters. The van der Waals surface area contributed by atoms with Gasteiger partial charge < -0.3 is 15.4 Å². The van der Waals surface area contributed by atoms with E-state index in [0.29, 0.717) is 28.4 Å². The highest BCUT2D eigenvalue weighted by atomic mass is 35.5. The molecule has 0 heterocycles. The average Bonchev–Trinajstić information content (AvgIpc) is 2.75. The summed E-state index contributed by atoms with van der Waals surface area (Å²) in [5.41, 5.74) is 4.29. The summed E-state index contributed by atoms with van der Waals surface area (Å²) in [5.74, 6) is -1.48. The third-order valence-electron chi connectivity index (χ3n) is 4.28. The number of nitrogens with one attached hydrogen (secondary N) is 3. The molecule has 0 saturated carbocycles. The third-order valence-corrected chi connectivity index (χ3v) is 4.51. The Bertz CT molecular complexity index is 978. The van der Waals surface area contributed by atoms with Crippen molar-refractivity contribution in [2.24, 2.45) is 5.10 Å². The Balaban J connectivity index is 1.86. The zero-order valence-corrected chi connectivity index (χ0v) is 18.3. The summed E-state index contributed by atoms with van der Waals surface area (Å²) >= 11 is 5.95. The molecule has 0 saturated heterocycles. The summed E-state index contributed by atoms with van der Waals surface area (Å²) in [7, 11) is 0. The fraction of sp³-hybridized carbons (Fsp3) is 0.273. The van der Waals surface area contributed by atoms with E-state index in [0.717, 1.165) is 5.56 Å². The molecule has 3 amide bonds. The predicted octanol–water partition coefficient (Wildman–Crippen LogP) is 3.03. The Kier molecular flexibility index (Phi) is 9.02. The normalized spacial score (nSPS) is 11.6. The quantitative estimate of drug-likeness (QED) is 0.330. The summed E-state index contributed by atoms with van der Waals surface area (Å²) in [4.78, 5) is 35.5. The zero-order chi connectivity index (χ0) is 22.8. The molecule has 3 N–H and O–H groups in total. The number of anilines is 1. The summed E-state index contributed by atoms with van der Waals surface area (Å²) in [6.07, 6.45) is 2.09. The molecule has 0 aliphatic heterocycles. The fourth-order valence-corrected chi connectivity index (χ4v) is 2.53. The van der Waals surface area contributed by atoms with Gasteiger partial charge in [0.2, 0.25) is 0 Å². The van der Waals surface area contributed by atoms with Gasteiger partial charge >= 0.3 is 11.8 Å². The highest BCUT2D eigenvalue weighted by Crippen LogP contribution is 2.20. The van der Waals surface area contributed by atoms with Crippen molar-refractivity contribution in [2.45, 2.75) is 33.2 Å². The van der Waals surface area contributed by atoms with Crippen molar-refractivity contribution in [2.75, 3.05) is 11.9 Å². The van der Waals surface area contributed by atoms with Crippen LogP contribution in [0.25, 0.3) is 0 Å². The van der Waals surface area contributed by atoms with Gasteiger partial charge in [-0.1, -0.05) is 36.7 Å². The van der Waals surface area contributed by atoms with Crippen molar-refractivity contribution in [3.63, 3.8) is 0 Å². The summed E-state index contributed by atoms with van der Waals surface area (Å²) < 4.78 is 5.51. The van der Waals surface area contributed by atoms with Crippen LogP contribution in [0.2, 0.25) is 5.02 Å². The number of nitrogens with zero attached hydrogens (tertiary/aromatic N) is 1. The van der Waals surface area contributed by atoms with Gasteiger partial charge in [-0.2, -0.15) is 5.10 Å². The lowest BCUT2D eigenvalue weighted by molar-refractivity contribution is -0.139. The number of aryl methyl sites for hydroxylation is 1. The molecule has 9 heteroatoms. The minimum Gasteiger partial charge on any atom is -0.484 e. The Morgan fingerprint density at radius 3 is 2.68 bits per heavy atom. The number of benzene rings is 2. The molecule has 164 valence electrons. The highest BCUT2D eigenvalue weighted by molar-refractivity contribution is 6.35. The first-order chi connectivity index (χ1) is 14.8. The Hall–Kier alpha value is -3.39. The maximum Gasteiger partial charge on any atom is 0.329 e. The molecular formula is C22H25ClN4O4. The molecule has 8 nitrogen and oxygen atoms in total. The first-order valence-corrected chi connectivity index (χ1v) is 10.1. The van der Waals surface area contributed by atoms with Gasteiger partial charge in [0.15, 0.2) is 6.61 Å². The van der Waals surface area contributed by atoms with Gasteiger partial charge in [0, 0.05) is 16.8 Å². The lowest BCUT2D eigenvalue weighted by atomic mass is 10.2. The van der Waals surface area contributed by atoms with Gasteiger partial charge in [0.05, 0.1) is 6.21 Å². The molecule has 0 spiro atoms. The molecule has 0 bridgehead atoms. The number of amides is 3. The van der Waals surface area contributed by atoms with Crippen molar-refractivity contribution >= 4 is 41.2 Å². The van der Waals surface area contributed by atoms with E-state index in [1.54, 1.807) is 43.3 Å². The average molecular weight is 445 g/mol. The monoisotopic (exact) mass is 444 g/mol. The number of ether oxygens (including phenoxy) is 1. The van der Waals surface area contributed by atoms with E-state index >= 15 is 0 Å². The van der Waals surface area contributed by atoms with E-state index in [1.807, 2.05) is 19.9 Å². The van der Waals surface area contributed by atoms with E-state index in [2.05, 4.69) is 21.2 Å². The van der Waals surface area contributed by atoms with E-state index in [4.69, 9.17) is 16.3 Å². The molecule has 0 aliphatic rings. The number of carbonyl (C=O) groups is 3. The molecule has 0 fully saturated rings. The molecule has 0 aliphatic carbocycles. The Morgan fingerprint density at radius 1 is 1.16 bits per heavy atom. The molecular weight excluding hydrogens is 420 g/mol. The van der Waals surface area contributed by atoms with Gasteiger partial charge in [0.1, 0.15) is 5.75 Å². The van der Waals surface area contributed by atoms with Crippen molar-refractivity contribution < 1.29 is 19.1 Å². The smallest absolute Gasteiger partial charge is 0.329 e. The van der Waals surface area contributed by atoms with Crippen LogP contribution in [0, 0.1) is 6.92 Å². The predicted molar refractivity (Wildman–Crippen MR) is 120 cm³/mol. The van der Waals surface area contributed by atoms with E-state index in [-0.39, 0.29) is 18.6 Å². The fourth-order valence-electron chi connectivity index (χ4n) is 2.36. The summed E-state index contributed by atoms with van der Waals surface area (Å²) in [6, 6.07) is 11.9. The number of carbonyl (C=O) groups excluding carboxylic acids is 3. The molecule has 0 radical (unpaired) electrons. The van der Waals surface area contributed by atoms with Crippen molar-refractivity contribution in [1.29, 1.82) is 0 Å². The highest BCUT2D eigenvalue weighted by Gasteiger charge is 2.14. The minimum atomic E-state index is -0.850. The third kappa shape index (κ3) is 8.10. The Morgan fingerprint density at radius 2 is 1.94 bits per heavy atom. The van der Waals surface area contributed by atoms with Crippen LogP contribution < -0.4 is 20.8 Å². The van der Waals surface area contributed by atoms with Gasteiger partial charge in [-0.3, -0.25) is 14.4 Å². The van der Waals surface area contributed by atoms with E-state index in [9.17, 15) is 14.4 Å². The lowest BCUT2D eigenvalue weighted by Gasteiger charge is -2.10. The molecule has 31 heavy (non-hydrogen) atoms. The second-order valence-electron chi connectivity index (χ2n) is 6.85. The maximum absolute atomic E-state index is 12.2. The van der Waals surface area contributed by atoms with Crippen LogP contribution in [0.4, 0.5) is 5.69 Å². The molecule has 2 aromatic carbocycles. The zero-order valence-electron chi connectivity index (χ0n) is 17.6. The Labute approximate surface area is 186 Å². The SMILES string of the molecule is CC[C@@H](C)NC(=O)C(=O)N/N=C\c1cccc(OCC(=O)Nc2cc(Cl)ccc2C)c1. The number of rotatable bonds is 8. The van der Waals surface area contributed by atoms with Crippen LogP contribution in [0.5, 0.6) is 5.75 Å². The van der Waals surface area contributed by atoms with Crippen LogP contribution in [0.1, 0.15) is 31.4 Å². The van der Waals surface area contributed by atoms with Crippen molar-refractivity contribution in [1.82, 2.24) is 10.7 Å². The van der Waals surface area contributed by atoms with Gasteiger partial charge in [0.25, 0.3) is 5.91 Å². The molecule has 2 rings (SSSR count). The van der Waals surface area contributed by atoms with Crippen LogP contribution >= 0.6 is 11.6 Å². The number of hydrogen-bond donors (Lipinski definition) is 3. The van der Waals surface area contributed by atoms with Crippen molar-refractivity contribution in [3.05, 3.63) is 58.6 Å². The van der Waals surface area contributed by atoms with Crippen LogP contribution in [0.3, 0.4) is 0 Å². The van der Waals surface area contributed by atoms with Crippen LogP contribution in [-0.2, 0) is 14.4 Å². The summed E-state index contributed by atoms with van der Waals surface area (Å²) in [5, 5.41) is 9.60. The maximum atomic E-state index is 12.2. The molecule has 0 aromatic heterocycles. The second kappa shape index (κ2) is 11.7. The van der Waals surface area contributed by atoms with E-state index in [1.165, 1.54) is 6.21 Å². The van der Waals surface area contributed by atoms with Gasteiger partial charge in [-0.15, -0.1) is 0 Å². The minimum absolute atomic E-state index is 0.101. The molecule has 1 atom stereocenters. The number of hydrogen-bond acceptors (Lipinski definition) is 5. The van der Waals surface area contributed by atoms with Crippen LogP contribution in [0.15, 0.2) is 47.6 Å². The first kappa shape index (κ1) is 23.9. The number of halogens is 1.